The first kappa shape index (κ1) is 42.7. The molecule has 350 valence electrons. The standard InChI is InChI=1S/C72H46N2O/c1-2-14-48(15-3-1)66-46-55(54-31-30-52-29-28-49-16-4-6-20-59(49)65(52)45-54)37-43-69(66)73(57-40-34-51(35-41-57)60-24-13-27-70-71(60)64-42-36-50-17-5-7-21-61(50)72(64)75-70)56-38-32-47(33-39-56)53-18-12-19-58(44-53)74-67-25-10-8-22-62(67)63-23-9-11-26-68(63)74/h1-46H. The van der Waals surface area contributed by atoms with Crippen molar-refractivity contribution in [2.45, 2.75) is 0 Å². The summed E-state index contributed by atoms with van der Waals surface area (Å²) >= 11 is 0. The lowest BCUT2D eigenvalue weighted by atomic mass is 9.93. The summed E-state index contributed by atoms with van der Waals surface area (Å²) in [6.07, 6.45) is 0. The molecule has 0 bridgehead atoms. The molecular formula is C72H46N2O. The lowest BCUT2D eigenvalue weighted by molar-refractivity contribution is 0.673. The first-order valence-corrected chi connectivity index (χ1v) is 25.7. The largest absolute Gasteiger partial charge is 0.455 e. The maximum absolute atomic E-state index is 6.63. The van der Waals surface area contributed by atoms with Gasteiger partial charge in [-0.15, -0.1) is 0 Å². The van der Waals surface area contributed by atoms with Gasteiger partial charge in [-0.25, -0.2) is 0 Å². The molecule has 0 saturated carbocycles. The molecule has 2 aromatic heterocycles. The molecule has 0 fully saturated rings. The summed E-state index contributed by atoms with van der Waals surface area (Å²) in [4.78, 5) is 2.42. The highest BCUT2D eigenvalue weighted by Crippen LogP contribution is 2.46. The summed E-state index contributed by atoms with van der Waals surface area (Å²) in [6.45, 7) is 0. The summed E-state index contributed by atoms with van der Waals surface area (Å²) < 4.78 is 9.02. The molecule has 0 atom stereocenters. The van der Waals surface area contributed by atoms with Gasteiger partial charge in [0.15, 0.2) is 0 Å². The monoisotopic (exact) mass is 954 g/mol. The van der Waals surface area contributed by atoms with Gasteiger partial charge >= 0.3 is 0 Å². The van der Waals surface area contributed by atoms with Gasteiger partial charge in [-0.3, -0.25) is 0 Å². The number of rotatable bonds is 8. The molecular weight excluding hydrogens is 909 g/mol. The topological polar surface area (TPSA) is 21.3 Å². The second-order valence-corrected chi connectivity index (χ2v) is 19.6. The highest BCUT2D eigenvalue weighted by molar-refractivity contribution is 6.19. The summed E-state index contributed by atoms with van der Waals surface area (Å²) in [5.41, 5.74) is 17.7. The fourth-order valence-corrected chi connectivity index (χ4v) is 11.8. The highest BCUT2D eigenvalue weighted by Gasteiger charge is 2.21. The summed E-state index contributed by atoms with van der Waals surface area (Å²) in [5.74, 6) is 0. The Hall–Kier alpha value is -9.96. The predicted octanol–water partition coefficient (Wildman–Crippen LogP) is 20.3. The zero-order chi connectivity index (χ0) is 49.4. The molecule has 0 unspecified atom stereocenters. The minimum Gasteiger partial charge on any atom is -0.455 e. The number of benzene rings is 13. The van der Waals surface area contributed by atoms with Crippen LogP contribution in [0.25, 0.3) is 126 Å². The van der Waals surface area contributed by atoms with Gasteiger partial charge in [0.25, 0.3) is 0 Å². The zero-order valence-electron chi connectivity index (χ0n) is 40.9. The summed E-state index contributed by atoms with van der Waals surface area (Å²) in [5, 5.41) is 12.1. The van der Waals surface area contributed by atoms with Crippen molar-refractivity contribution in [1.82, 2.24) is 4.57 Å². The van der Waals surface area contributed by atoms with E-state index in [-0.39, 0.29) is 0 Å². The van der Waals surface area contributed by atoms with Crippen LogP contribution in [0.5, 0.6) is 0 Å². The van der Waals surface area contributed by atoms with E-state index in [4.69, 9.17) is 4.42 Å². The third-order valence-corrected chi connectivity index (χ3v) is 15.4. The Balaban J connectivity index is 0.876. The summed E-state index contributed by atoms with van der Waals surface area (Å²) in [7, 11) is 0. The minimum absolute atomic E-state index is 0.887. The Kier molecular flexibility index (Phi) is 9.89. The highest BCUT2D eigenvalue weighted by atomic mass is 16.3. The van der Waals surface area contributed by atoms with E-state index in [1.165, 1.54) is 54.3 Å². The van der Waals surface area contributed by atoms with Crippen LogP contribution in [0.3, 0.4) is 0 Å². The molecule has 0 N–H and O–H groups in total. The molecule has 3 heteroatoms. The van der Waals surface area contributed by atoms with Crippen molar-refractivity contribution in [3.63, 3.8) is 0 Å². The number of para-hydroxylation sites is 2. The van der Waals surface area contributed by atoms with E-state index in [2.05, 4.69) is 289 Å². The van der Waals surface area contributed by atoms with Gasteiger partial charge in [0.2, 0.25) is 0 Å². The van der Waals surface area contributed by atoms with Crippen LogP contribution in [0.15, 0.2) is 283 Å². The number of aromatic nitrogens is 1. The van der Waals surface area contributed by atoms with Gasteiger partial charge in [-0.1, -0.05) is 200 Å². The molecule has 0 aliphatic carbocycles. The first-order chi connectivity index (χ1) is 37.2. The maximum Gasteiger partial charge on any atom is 0.143 e. The third kappa shape index (κ3) is 7.12. The molecule has 75 heavy (non-hydrogen) atoms. The van der Waals surface area contributed by atoms with Gasteiger partial charge in [-0.05, 0) is 145 Å². The number of anilines is 3. The van der Waals surface area contributed by atoms with Crippen LogP contribution in [0.4, 0.5) is 17.1 Å². The number of fused-ring (bicyclic) bond motifs is 11. The van der Waals surface area contributed by atoms with E-state index in [1.54, 1.807) is 0 Å². The molecule has 2 heterocycles. The number of furan rings is 1. The van der Waals surface area contributed by atoms with Crippen LogP contribution >= 0.6 is 0 Å². The average molecular weight is 955 g/mol. The van der Waals surface area contributed by atoms with Gasteiger partial charge < -0.3 is 13.9 Å². The van der Waals surface area contributed by atoms with Crippen molar-refractivity contribution >= 4 is 93.1 Å². The van der Waals surface area contributed by atoms with Crippen molar-refractivity contribution in [1.29, 1.82) is 0 Å². The zero-order valence-corrected chi connectivity index (χ0v) is 40.9. The van der Waals surface area contributed by atoms with E-state index in [9.17, 15) is 0 Å². The quantitative estimate of drug-likeness (QED) is 0.142. The van der Waals surface area contributed by atoms with Crippen molar-refractivity contribution in [2.75, 3.05) is 4.90 Å². The molecule has 15 aromatic rings. The van der Waals surface area contributed by atoms with Gasteiger partial charge in [0, 0.05) is 49.6 Å². The van der Waals surface area contributed by atoms with Crippen molar-refractivity contribution in [3.05, 3.63) is 279 Å². The second-order valence-electron chi connectivity index (χ2n) is 19.6. The molecule has 0 amide bonds. The lowest BCUT2D eigenvalue weighted by Crippen LogP contribution is -2.11. The van der Waals surface area contributed by atoms with Crippen molar-refractivity contribution in [3.8, 4) is 50.2 Å². The van der Waals surface area contributed by atoms with Crippen LogP contribution in [0.1, 0.15) is 0 Å². The van der Waals surface area contributed by atoms with Crippen LogP contribution in [0.2, 0.25) is 0 Å². The van der Waals surface area contributed by atoms with Gasteiger partial charge in [0.1, 0.15) is 11.2 Å². The Morgan fingerprint density at radius 2 is 0.813 bits per heavy atom. The summed E-state index contributed by atoms with van der Waals surface area (Å²) in [6, 6.07) is 102. The first-order valence-electron chi connectivity index (χ1n) is 25.7. The van der Waals surface area contributed by atoms with Crippen LogP contribution in [-0.4, -0.2) is 4.57 Å². The lowest BCUT2D eigenvalue weighted by Gasteiger charge is -2.29. The molecule has 15 rings (SSSR count). The Bertz CT molecular complexity index is 4640. The van der Waals surface area contributed by atoms with Crippen LogP contribution in [-0.2, 0) is 0 Å². The molecule has 0 saturated heterocycles. The molecule has 3 nitrogen and oxygen atoms in total. The third-order valence-electron chi connectivity index (χ3n) is 15.4. The molecule has 13 aromatic carbocycles. The van der Waals surface area contributed by atoms with E-state index in [1.807, 2.05) is 0 Å². The fraction of sp³-hybridized carbons (Fsp3) is 0. The number of hydrogen-bond acceptors (Lipinski definition) is 2. The molecule has 0 radical (unpaired) electrons. The van der Waals surface area contributed by atoms with E-state index in [0.29, 0.717) is 0 Å². The maximum atomic E-state index is 6.63. The average Bonchev–Trinajstić information content (AvgIpc) is 4.06. The normalized spacial score (nSPS) is 11.7. The number of nitrogens with zero attached hydrogens (tertiary/aromatic N) is 2. The minimum atomic E-state index is 0.887. The van der Waals surface area contributed by atoms with E-state index in [0.717, 1.165) is 89.0 Å². The second kappa shape index (κ2) is 17.4. The van der Waals surface area contributed by atoms with Crippen LogP contribution in [0, 0.1) is 0 Å². The smallest absolute Gasteiger partial charge is 0.143 e. The Labute approximate surface area is 434 Å². The SMILES string of the molecule is c1ccc(-c2cc(-c3ccc4ccc5ccccc5c4c3)ccc2N(c2ccc(-c3cccc(-n4c5ccccc5c5ccccc54)c3)cc2)c2ccc(-c3cccc4oc5c6ccccc6ccc5c34)cc2)cc1. The van der Waals surface area contributed by atoms with Gasteiger partial charge in [-0.2, -0.15) is 0 Å². The predicted molar refractivity (Wildman–Crippen MR) is 317 cm³/mol. The van der Waals surface area contributed by atoms with Crippen LogP contribution < -0.4 is 4.90 Å². The fourth-order valence-electron chi connectivity index (χ4n) is 11.8. The Morgan fingerprint density at radius 1 is 0.293 bits per heavy atom. The Morgan fingerprint density at radius 3 is 1.56 bits per heavy atom. The number of hydrogen-bond donors (Lipinski definition) is 0. The van der Waals surface area contributed by atoms with Gasteiger partial charge in [0.05, 0.1) is 16.7 Å². The van der Waals surface area contributed by atoms with E-state index >= 15 is 0 Å². The molecule has 0 spiro atoms. The molecule has 0 aliphatic rings. The van der Waals surface area contributed by atoms with Crippen molar-refractivity contribution in [2.24, 2.45) is 0 Å². The van der Waals surface area contributed by atoms with E-state index < -0.39 is 0 Å². The van der Waals surface area contributed by atoms with Crippen molar-refractivity contribution < 1.29 is 4.42 Å². The molecule has 0 aliphatic heterocycles.